The van der Waals surface area contributed by atoms with E-state index in [0.29, 0.717) is 0 Å². The van der Waals surface area contributed by atoms with Gasteiger partial charge in [0.25, 0.3) is 0 Å². The van der Waals surface area contributed by atoms with E-state index in [1.807, 2.05) is 19.6 Å². The van der Waals surface area contributed by atoms with Crippen molar-refractivity contribution in [1.29, 1.82) is 0 Å². The molecular weight excluding hydrogens is 396 g/mol. The van der Waals surface area contributed by atoms with Gasteiger partial charge in [-0.1, -0.05) is 24.3 Å². The van der Waals surface area contributed by atoms with Gasteiger partial charge >= 0.3 is 5.97 Å². The monoisotopic (exact) mass is 424 g/mol. The SMILES string of the molecule is CCOC(=O)C1=CC(S(=O)(=O)c2ccccc2)C(OC)(O[Si](C)(C)C)C=CC1. The van der Waals surface area contributed by atoms with E-state index in [-0.39, 0.29) is 23.5 Å². The Morgan fingerprint density at radius 2 is 1.86 bits per heavy atom. The maximum Gasteiger partial charge on any atom is 0.334 e. The number of allylic oxidation sites excluding steroid dienone is 1. The van der Waals surface area contributed by atoms with E-state index in [9.17, 15) is 13.2 Å². The molecule has 6 nitrogen and oxygen atoms in total. The number of methoxy groups -OCH3 is 1. The molecule has 0 fully saturated rings. The first-order chi connectivity index (χ1) is 13.1. The van der Waals surface area contributed by atoms with Gasteiger partial charge < -0.3 is 13.9 Å². The summed E-state index contributed by atoms with van der Waals surface area (Å²) in [5, 5.41) is -1.24. The largest absolute Gasteiger partial charge is 0.463 e. The van der Waals surface area contributed by atoms with Crippen LogP contribution in [-0.4, -0.2) is 47.5 Å². The highest BCUT2D eigenvalue weighted by atomic mass is 32.2. The Kier molecular flexibility index (Phi) is 7.03. The summed E-state index contributed by atoms with van der Waals surface area (Å²) in [7, 11) is -4.74. The van der Waals surface area contributed by atoms with Crippen molar-refractivity contribution >= 4 is 24.1 Å². The van der Waals surface area contributed by atoms with E-state index in [1.165, 1.54) is 25.3 Å². The van der Waals surface area contributed by atoms with Crippen molar-refractivity contribution in [1.82, 2.24) is 0 Å². The average molecular weight is 425 g/mol. The molecule has 0 amide bonds. The summed E-state index contributed by atoms with van der Waals surface area (Å²) in [6.45, 7) is 7.77. The van der Waals surface area contributed by atoms with Gasteiger partial charge in [0.05, 0.1) is 11.5 Å². The Bertz CT molecular complexity index is 854. The second-order valence-corrected chi connectivity index (χ2v) is 13.9. The van der Waals surface area contributed by atoms with Crippen LogP contribution in [0.1, 0.15) is 13.3 Å². The zero-order valence-corrected chi connectivity index (χ0v) is 18.8. The summed E-state index contributed by atoms with van der Waals surface area (Å²) in [5.41, 5.74) is 0.265. The molecule has 0 saturated heterocycles. The third-order valence-corrected chi connectivity index (χ3v) is 7.16. The third kappa shape index (κ3) is 4.99. The number of rotatable bonds is 7. The van der Waals surface area contributed by atoms with E-state index < -0.39 is 35.2 Å². The van der Waals surface area contributed by atoms with Gasteiger partial charge in [0.1, 0.15) is 5.25 Å². The first kappa shape index (κ1) is 22.5. The Labute approximate surface area is 168 Å². The van der Waals surface area contributed by atoms with Crippen molar-refractivity contribution in [2.45, 2.75) is 48.9 Å². The Morgan fingerprint density at radius 3 is 2.39 bits per heavy atom. The summed E-state index contributed by atoms with van der Waals surface area (Å²) < 4.78 is 44.2. The van der Waals surface area contributed by atoms with Gasteiger partial charge in [-0.15, -0.1) is 0 Å². The third-order valence-electron chi connectivity index (χ3n) is 4.17. The van der Waals surface area contributed by atoms with Gasteiger partial charge in [-0.25, -0.2) is 13.2 Å². The summed E-state index contributed by atoms with van der Waals surface area (Å²) in [4.78, 5) is 12.5. The molecule has 1 aromatic carbocycles. The van der Waals surface area contributed by atoms with Crippen LogP contribution >= 0.6 is 0 Å². The standard InChI is InChI=1S/C20H28O6SSi/c1-6-25-19(21)16-11-10-14-20(24-2,26-28(3,4)5)18(15-16)27(22,23)17-12-8-7-9-13-17/h7-10,12-15,18H,6,11H2,1-5H3. The van der Waals surface area contributed by atoms with Gasteiger partial charge in [-0.2, -0.15) is 0 Å². The maximum absolute atomic E-state index is 13.6. The number of ether oxygens (including phenoxy) is 2. The minimum atomic E-state index is -3.92. The van der Waals surface area contributed by atoms with Crippen molar-refractivity contribution in [2.75, 3.05) is 13.7 Å². The zero-order valence-electron chi connectivity index (χ0n) is 17.0. The normalized spacial score (nSPS) is 23.0. The second kappa shape index (κ2) is 8.73. The predicted molar refractivity (Wildman–Crippen MR) is 110 cm³/mol. The number of sulfone groups is 1. The molecule has 0 aromatic heterocycles. The van der Waals surface area contributed by atoms with Crippen LogP contribution in [0.4, 0.5) is 0 Å². The molecule has 1 aromatic rings. The van der Waals surface area contributed by atoms with Crippen molar-refractivity contribution in [3.8, 4) is 0 Å². The van der Waals surface area contributed by atoms with Gasteiger partial charge in [-0.05, 0) is 57.3 Å². The molecule has 28 heavy (non-hydrogen) atoms. The van der Waals surface area contributed by atoms with E-state index in [0.717, 1.165) is 0 Å². The highest BCUT2D eigenvalue weighted by molar-refractivity contribution is 7.92. The van der Waals surface area contributed by atoms with Crippen molar-refractivity contribution in [2.24, 2.45) is 0 Å². The van der Waals surface area contributed by atoms with Gasteiger partial charge in [-0.3, -0.25) is 0 Å². The van der Waals surface area contributed by atoms with Crippen LogP contribution in [0, 0.1) is 0 Å². The fourth-order valence-electron chi connectivity index (χ4n) is 3.05. The highest BCUT2D eigenvalue weighted by Crippen LogP contribution is 2.36. The lowest BCUT2D eigenvalue weighted by Gasteiger charge is -2.39. The first-order valence-electron chi connectivity index (χ1n) is 9.15. The molecule has 2 unspecified atom stereocenters. The molecule has 1 aliphatic carbocycles. The summed E-state index contributed by atoms with van der Waals surface area (Å²) in [6.07, 6.45) is 4.97. The molecule has 2 rings (SSSR count). The molecule has 0 bridgehead atoms. The molecule has 1 aliphatic rings. The maximum atomic E-state index is 13.6. The minimum absolute atomic E-state index is 0.135. The second-order valence-electron chi connectivity index (χ2n) is 7.44. The van der Waals surface area contributed by atoms with Crippen LogP contribution in [0.3, 0.4) is 0 Å². The molecule has 0 N–H and O–H groups in total. The van der Waals surface area contributed by atoms with Crippen LogP contribution < -0.4 is 0 Å². The molecule has 0 radical (unpaired) electrons. The van der Waals surface area contributed by atoms with Crippen LogP contribution in [-0.2, 0) is 28.5 Å². The number of hydrogen-bond acceptors (Lipinski definition) is 6. The van der Waals surface area contributed by atoms with Gasteiger partial charge in [0, 0.05) is 12.7 Å². The average Bonchev–Trinajstić information content (AvgIpc) is 2.82. The quantitative estimate of drug-likeness (QED) is 0.289. The Hall–Kier alpha value is -1.74. The fourth-order valence-corrected chi connectivity index (χ4v) is 6.20. The Balaban J connectivity index is 2.69. The number of hydrogen-bond donors (Lipinski definition) is 0. The molecule has 154 valence electrons. The molecule has 2 atom stereocenters. The lowest BCUT2D eigenvalue weighted by Crippen LogP contribution is -2.53. The molecule has 0 heterocycles. The summed E-state index contributed by atoms with van der Waals surface area (Å²) >= 11 is 0. The summed E-state index contributed by atoms with van der Waals surface area (Å²) in [5.74, 6) is -2.08. The number of benzene rings is 1. The molecule has 0 saturated carbocycles. The van der Waals surface area contributed by atoms with Gasteiger partial charge in [0.2, 0.25) is 0 Å². The van der Waals surface area contributed by atoms with Crippen molar-refractivity contribution in [3.05, 3.63) is 54.1 Å². The van der Waals surface area contributed by atoms with Crippen molar-refractivity contribution in [3.63, 3.8) is 0 Å². The van der Waals surface area contributed by atoms with Crippen LogP contribution in [0.15, 0.2) is 59.0 Å². The number of carbonyl (C=O) groups is 1. The topological polar surface area (TPSA) is 78.9 Å². The van der Waals surface area contributed by atoms with Crippen LogP contribution in [0.2, 0.25) is 19.6 Å². The molecule has 0 spiro atoms. The lowest BCUT2D eigenvalue weighted by atomic mass is 10.1. The summed E-state index contributed by atoms with van der Waals surface area (Å²) in [6, 6.07) is 8.11. The van der Waals surface area contributed by atoms with Crippen LogP contribution in [0.5, 0.6) is 0 Å². The fraction of sp³-hybridized carbons (Fsp3) is 0.450. The highest BCUT2D eigenvalue weighted by Gasteiger charge is 2.49. The minimum Gasteiger partial charge on any atom is -0.463 e. The molecular formula is C20H28O6SSi. The Morgan fingerprint density at radius 1 is 1.21 bits per heavy atom. The van der Waals surface area contributed by atoms with Crippen molar-refractivity contribution < 1.29 is 27.1 Å². The van der Waals surface area contributed by atoms with E-state index in [2.05, 4.69) is 0 Å². The molecule has 0 aliphatic heterocycles. The van der Waals surface area contributed by atoms with Crippen LogP contribution in [0.25, 0.3) is 0 Å². The number of carbonyl (C=O) groups excluding carboxylic acids is 1. The van der Waals surface area contributed by atoms with E-state index >= 15 is 0 Å². The molecule has 8 heteroatoms. The lowest BCUT2D eigenvalue weighted by molar-refractivity contribution is -0.138. The predicted octanol–water partition coefficient (Wildman–Crippen LogP) is 3.47. The van der Waals surface area contributed by atoms with E-state index in [4.69, 9.17) is 13.9 Å². The zero-order chi connectivity index (χ0) is 21.0. The van der Waals surface area contributed by atoms with E-state index in [1.54, 1.807) is 37.3 Å². The first-order valence-corrected chi connectivity index (χ1v) is 14.1. The smallest absolute Gasteiger partial charge is 0.334 e. The number of esters is 1. The van der Waals surface area contributed by atoms with Gasteiger partial charge in [0.15, 0.2) is 23.9 Å².